The number of sulfonamides is 1. The highest BCUT2D eigenvalue weighted by atomic mass is 32.2. The molecule has 0 spiro atoms. The lowest BCUT2D eigenvalue weighted by Crippen LogP contribution is -2.29. The summed E-state index contributed by atoms with van der Waals surface area (Å²) in [4.78, 5) is 17.3. The summed E-state index contributed by atoms with van der Waals surface area (Å²) in [6.45, 7) is 1.06. The molecule has 0 amide bonds. The van der Waals surface area contributed by atoms with Gasteiger partial charge in [-0.15, -0.1) is 11.3 Å². The average Bonchev–Trinajstić information content (AvgIpc) is 3.39. The molecule has 4 rings (SSSR count). The van der Waals surface area contributed by atoms with Crippen LogP contribution in [0, 0.1) is 0 Å². The molecule has 0 N–H and O–H groups in total. The molecule has 0 saturated carbocycles. The Morgan fingerprint density at radius 3 is 2.73 bits per heavy atom. The Hall–Kier alpha value is -2.30. The number of nitrogens with zero attached hydrogens (tertiary/aromatic N) is 4. The van der Waals surface area contributed by atoms with Crippen LogP contribution in [-0.4, -0.2) is 40.5 Å². The summed E-state index contributed by atoms with van der Waals surface area (Å²) >= 11 is 1.47. The van der Waals surface area contributed by atoms with Gasteiger partial charge < -0.3 is 9.09 Å². The van der Waals surface area contributed by atoms with Gasteiger partial charge in [0.05, 0.1) is 16.3 Å². The van der Waals surface area contributed by atoms with Gasteiger partial charge in [0.15, 0.2) is 5.82 Å². The summed E-state index contributed by atoms with van der Waals surface area (Å²) in [7, 11) is -3.59. The van der Waals surface area contributed by atoms with Gasteiger partial charge in [-0.3, -0.25) is 4.79 Å². The van der Waals surface area contributed by atoms with Gasteiger partial charge >= 0.3 is 0 Å². The Morgan fingerprint density at radius 1 is 1.19 bits per heavy atom. The van der Waals surface area contributed by atoms with Gasteiger partial charge in [0.25, 0.3) is 11.4 Å². The summed E-state index contributed by atoms with van der Waals surface area (Å²) in [5, 5.41) is 5.78. The Kier molecular flexibility index (Phi) is 4.47. The topological polar surface area (TPSA) is 98.3 Å². The number of rotatable bonds is 5. The second-order valence-corrected chi connectivity index (χ2v) is 8.82. The highest BCUT2D eigenvalue weighted by Gasteiger charge is 2.27. The van der Waals surface area contributed by atoms with Crippen molar-refractivity contribution >= 4 is 21.4 Å². The molecule has 10 heteroatoms. The minimum atomic E-state index is -3.59. The second-order valence-electron chi connectivity index (χ2n) is 5.94. The summed E-state index contributed by atoms with van der Waals surface area (Å²) in [5.41, 5.74) is -0.326. The molecule has 1 saturated heterocycles. The van der Waals surface area contributed by atoms with Crippen LogP contribution in [0.4, 0.5) is 0 Å². The summed E-state index contributed by atoms with van der Waals surface area (Å²) in [5.74, 6) is 0.690. The lowest BCUT2D eigenvalue weighted by atomic mass is 10.4. The largest absolute Gasteiger partial charge is 0.333 e. The monoisotopic (exact) mass is 392 g/mol. The fraction of sp³-hybridized carbons (Fsp3) is 0.312. The molecule has 0 aromatic carbocycles. The van der Waals surface area contributed by atoms with E-state index in [1.54, 1.807) is 0 Å². The van der Waals surface area contributed by atoms with Crippen molar-refractivity contribution in [2.45, 2.75) is 24.3 Å². The van der Waals surface area contributed by atoms with Gasteiger partial charge in [-0.05, 0) is 30.4 Å². The van der Waals surface area contributed by atoms with E-state index < -0.39 is 10.0 Å². The number of hydrogen-bond donors (Lipinski definition) is 0. The summed E-state index contributed by atoms with van der Waals surface area (Å²) in [6.07, 6.45) is 3.05. The predicted octanol–water partition coefficient (Wildman–Crippen LogP) is 1.79. The molecule has 0 unspecified atom stereocenters. The molecule has 0 bridgehead atoms. The Morgan fingerprint density at radius 2 is 2.00 bits per heavy atom. The number of thiophene rings is 1. The quantitative estimate of drug-likeness (QED) is 0.657. The van der Waals surface area contributed by atoms with Crippen molar-refractivity contribution in [3.63, 3.8) is 0 Å². The van der Waals surface area contributed by atoms with Crippen LogP contribution in [0.2, 0.25) is 0 Å². The number of pyridine rings is 1. The SMILES string of the molecule is O=c1ccc(S(=O)(=O)N2CCCC2)cn1Cc1noc(-c2cccs2)n1. The van der Waals surface area contributed by atoms with Crippen LogP contribution in [0.3, 0.4) is 0 Å². The molecule has 136 valence electrons. The molecule has 26 heavy (non-hydrogen) atoms. The molecule has 1 aliphatic rings. The van der Waals surface area contributed by atoms with Crippen molar-refractivity contribution < 1.29 is 12.9 Å². The maximum absolute atomic E-state index is 12.7. The Labute approximate surface area is 153 Å². The van der Waals surface area contributed by atoms with Gasteiger partial charge in [-0.25, -0.2) is 8.42 Å². The normalized spacial score (nSPS) is 15.5. The molecule has 8 nitrogen and oxygen atoms in total. The van der Waals surface area contributed by atoms with E-state index in [1.165, 1.54) is 38.5 Å². The van der Waals surface area contributed by atoms with E-state index in [2.05, 4.69) is 10.1 Å². The fourth-order valence-corrected chi connectivity index (χ4v) is 5.02. The van der Waals surface area contributed by atoms with Gasteiger partial charge in [-0.1, -0.05) is 11.2 Å². The zero-order valence-electron chi connectivity index (χ0n) is 13.7. The lowest BCUT2D eigenvalue weighted by Gasteiger charge is -2.16. The fourth-order valence-electron chi connectivity index (χ4n) is 2.83. The van der Waals surface area contributed by atoms with Crippen molar-refractivity contribution in [1.29, 1.82) is 0 Å². The predicted molar refractivity (Wildman–Crippen MR) is 95.4 cm³/mol. The molecule has 1 fully saturated rings. The van der Waals surface area contributed by atoms with E-state index in [0.29, 0.717) is 24.8 Å². The molecular weight excluding hydrogens is 376 g/mol. The first kappa shape index (κ1) is 17.1. The van der Waals surface area contributed by atoms with E-state index in [0.717, 1.165) is 17.7 Å². The lowest BCUT2D eigenvalue weighted by molar-refractivity contribution is 0.420. The van der Waals surface area contributed by atoms with Gasteiger partial charge in [0.1, 0.15) is 0 Å². The zero-order chi connectivity index (χ0) is 18.1. The van der Waals surface area contributed by atoms with Crippen molar-refractivity contribution in [3.8, 4) is 10.8 Å². The summed E-state index contributed by atoms with van der Waals surface area (Å²) in [6, 6.07) is 6.33. The molecule has 3 aromatic rings. The third kappa shape index (κ3) is 3.22. The maximum atomic E-state index is 12.7. The molecule has 0 atom stereocenters. The number of hydrogen-bond acceptors (Lipinski definition) is 7. The molecule has 3 aromatic heterocycles. The van der Waals surface area contributed by atoms with Crippen molar-refractivity contribution in [2.24, 2.45) is 0 Å². The molecular formula is C16H16N4O4S2. The zero-order valence-corrected chi connectivity index (χ0v) is 15.4. The van der Waals surface area contributed by atoms with E-state index in [9.17, 15) is 13.2 Å². The molecule has 1 aliphatic heterocycles. The van der Waals surface area contributed by atoms with E-state index in [1.807, 2.05) is 17.5 Å². The first-order chi connectivity index (χ1) is 12.5. The van der Waals surface area contributed by atoms with E-state index in [4.69, 9.17) is 4.52 Å². The highest BCUT2D eigenvalue weighted by molar-refractivity contribution is 7.89. The minimum Gasteiger partial charge on any atom is -0.333 e. The van der Waals surface area contributed by atoms with Crippen LogP contribution < -0.4 is 5.56 Å². The van der Waals surface area contributed by atoms with Crippen LogP contribution in [-0.2, 0) is 16.6 Å². The minimum absolute atomic E-state index is 0.0388. The average molecular weight is 392 g/mol. The highest BCUT2D eigenvalue weighted by Crippen LogP contribution is 2.23. The molecule has 0 aliphatic carbocycles. The van der Waals surface area contributed by atoms with Gasteiger partial charge in [-0.2, -0.15) is 9.29 Å². The molecule has 0 radical (unpaired) electrons. The van der Waals surface area contributed by atoms with Gasteiger partial charge in [0.2, 0.25) is 10.0 Å². The molecule has 4 heterocycles. The summed E-state index contributed by atoms with van der Waals surface area (Å²) < 4.78 is 33.3. The first-order valence-electron chi connectivity index (χ1n) is 8.11. The first-order valence-corrected chi connectivity index (χ1v) is 10.4. The second kappa shape index (κ2) is 6.78. The van der Waals surface area contributed by atoms with Crippen LogP contribution in [0.25, 0.3) is 10.8 Å². The smallest absolute Gasteiger partial charge is 0.268 e. The third-order valence-electron chi connectivity index (χ3n) is 4.17. The van der Waals surface area contributed by atoms with Crippen LogP contribution in [0.1, 0.15) is 18.7 Å². The van der Waals surface area contributed by atoms with E-state index >= 15 is 0 Å². The van der Waals surface area contributed by atoms with Crippen LogP contribution in [0.5, 0.6) is 0 Å². The van der Waals surface area contributed by atoms with Crippen molar-refractivity contribution in [2.75, 3.05) is 13.1 Å². The Balaban J connectivity index is 1.62. The van der Waals surface area contributed by atoms with Crippen LogP contribution in [0.15, 0.2) is 50.1 Å². The maximum Gasteiger partial charge on any atom is 0.268 e. The Bertz CT molecular complexity index is 1060. The van der Waals surface area contributed by atoms with Crippen LogP contribution >= 0.6 is 11.3 Å². The van der Waals surface area contributed by atoms with Crippen molar-refractivity contribution in [3.05, 3.63) is 52.0 Å². The van der Waals surface area contributed by atoms with Crippen molar-refractivity contribution in [1.82, 2.24) is 19.0 Å². The van der Waals surface area contributed by atoms with E-state index in [-0.39, 0.29) is 17.0 Å². The number of aromatic nitrogens is 3. The van der Waals surface area contributed by atoms with Gasteiger partial charge in [0, 0.05) is 25.4 Å². The standard InChI is InChI=1S/C16H16N4O4S2/c21-15-6-5-12(26(22,23)20-7-1-2-8-20)10-19(15)11-14-17-16(24-18-14)13-4-3-9-25-13/h3-6,9-10H,1-2,7-8,11H2. The third-order valence-corrected chi connectivity index (χ3v) is 6.91.